The van der Waals surface area contributed by atoms with Gasteiger partial charge in [-0.3, -0.25) is 4.79 Å². The van der Waals surface area contributed by atoms with Crippen molar-refractivity contribution < 1.29 is 18.7 Å². The second-order valence-electron chi connectivity index (χ2n) is 4.99. The van der Waals surface area contributed by atoms with Gasteiger partial charge in [0.1, 0.15) is 11.5 Å². The number of carbonyl (C=O) groups excluding carboxylic acids is 2. The minimum Gasteiger partial charge on any atom is -0.462 e. The van der Waals surface area contributed by atoms with E-state index in [1.165, 1.54) is 18.0 Å². The SMILES string of the molecule is CCOC(=O)c1ccc(-c2ccc(/C=N\N=C3NC(=O)CS3)o2)cc1. The van der Waals surface area contributed by atoms with Gasteiger partial charge < -0.3 is 14.5 Å². The van der Waals surface area contributed by atoms with Gasteiger partial charge in [-0.15, -0.1) is 5.10 Å². The fourth-order valence-corrected chi connectivity index (χ4v) is 2.71. The Morgan fingerprint density at radius 3 is 2.80 bits per heavy atom. The molecule has 2 aromatic rings. The minimum absolute atomic E-state index is 0.0782. The Morgan fingerprint density at radius 2 is 2.12 bits per heavy atom. The molecule has 1 aliphatic rings. The van der Waals surface area contributed by atoms with Crippen LogP contribution in [-0.4, -0.2) is 35.6 Å². The largest absolute Gasteiger partial charge is 0.462 e. The van der Waals surface area contributed by atoms with Gasteiger partial charge in [0.25, 0.3) is 0 Å². The van der Waals surface area contributed by atoms with Crippen molar-refractivity contribution in [3.63, 3.8) is 0 Å². The first kappa shape index (κ1) is 17.0. The third kappa shape index (κ3) is 4.36. The fraction of sp³-hybridized carbons (Fsp3) is 0.176. The number of rotatable bonds is 5. The number of thioether (sulfide) groups is 1. The predicted octanol–water partition coefficient (Wildman–Crippen LogP) is 2.68. The number of esters is 1. The van der Waals surface area contributed by atoms with Crippen LogP contribution in [0, 0.1) is 0 Å². The molecule has 1 aromatic heterocycles. The van der Waals surface area contributed by atoms with Crippen LogP contribution in [0.25, 0.3) is 11.3 Å². The summed E-state index contributed by atoms with van der Waals surface area (Å²) in [4.78, 5) is 22.7. The van der Waals surface area contributed by atoms with E-state index in [4.69, 9.17) is 9.15 Å². The molecule has 0 bridgehead atoms. The van der Waals surface area contributed by atoms with Crippen molar-refractivity contribution in [3.05, 3.63) is 47.7 Å². The summed E-state index contributed by atoms with van der Waals surface area (Å²) in [6.45, 7) is 2.11. The van der Waals surface area contributed by atoms with Crippen molar-refractivity contribution in [1.82, 2.24) is 5.32 Å². The van der Waals surface area contributed by atoms with Crippen molar-refractivity contribution >= 4 is 35.0 Å². The molecule has 1 aliphatic heterocycles. The molecule has 0 saturated carbocycles. The molecule has 128 valence electrons. The number of nitrogens with one attached hydrogen (secondary N) is 1. The quantitative estimate of drug-likeness (QED) is 0.504. The van der Waals surface area contributed by atoms with E-state index in [0.29, 0.717) is 34.6 Å². The Labute approximate surface area is 148 Å². The third-order valence-electron chi connectivity index (χ3n) is 3.23. The van der Waals surface area contributed by atoms with Crippen molar-refractivity contribution in [2.75, 3.05) is 12.4 Å². The molecule has 2 heterocycles. The Morgan fingerprint density at radius 1 is 1.32 bits per heavy atom. The van der Waals surface area contributed by atoms with Gasteiger partial charge in [0, 0.05) is 5.56 Å². The first-order valence-electron chi connectivity index (χ1n) is 7.57. The number of carbonyl (C=O) groups is 2. The van der Waals surface area contributed by atoms with Crippen LogP contribution in [0.4, 0.5) is 0 Å². The molecular formula is C17H15N3O4S. The topological polar surface area (TPSA) is 93.3 Å². The van der Waals surface area contributed by atoms with Gasteiger partial charge in [0.15, 0.2) is 5.17 Å². The maximum absolute atomic E-state index is 11.6. The summed E-state index contributed by atoms with van der Waals surface area (Å²) in [6, 6.07) is 10.5. The lowest BCUT2D eigenvalue weighted by atomic mass is 10.1. The number of amides is 1. The molecule has 7 nitrogen and oxygen atoms in total. The summed E-state index contributed by atoms with van der Waals surface area (Å²) >= 11 is 1.30. The highest BCUT2D eigenvalue weighted by molar-refractivity contribution is 8.15. The van der Waals surface area contributed by atoms with Gasteiger partial charge in [0.05, 0.1) is 24.1 Å². The van der Waals surface area contributed by atoms with E-state index in [1.807, 2.05) is 0 Å². The highest BCUT2D eigenvalue weighted by atomic mass is 32.2. The minimum atomic E-state index is -0.350. The molecule has 1 aromatic carbocycles. The smallest absolute Gasteiger partial charge is 0.338 e. The van der Waals surface area contributed by atoms with Crippen LogP contribution in [0.3, 0.4) is 0 Å². The van der Waals surface area contributed by atoms with Crippen LogP contribution >= 0.6 is 11.8 Å². The fourth-order valence-electron chi connectivity index (χ4n) is 2.08. The maximum Gasteiger partial charge on any atom is 0.338 e. The van der Waals surface area contributed by atoms with Crippen molar-refractivity contribution in [2.45, 2.75) is 6.92 Å². The zero-order valence-corrected chi connectivity index (χ0v) is 14.2. The maximum atomic E-state index is 11.6. The Hall–Kier alpha value is -2.87. The molecule has 1 fully saturated rings. The van der Waals surface area contributed by atoms with Crippen LogP contribution in [0.5, 0.6) is 0 Å². The lowest BCUT2D eigenvalue weighted by Gasteiger charge is -2.02. The zero-order valence-electron chi connectivity index (χ0n) is 13.4. The lowest BCUT2D eigenvalue weighted by Crippen LogP contribution is -2.19. The van der Waals surface area contributed by atoms with E-state index in [1.54, 1.807) is 43.3 Å². The third-order valence-corrected chi connectivity index (χ3v) is 4.09. The van der Waals surface area contributed by atoms with Gasteiger partial charge in [-0.2, -0.15) is 5.10 Å². The average Bonchev–Trinajstić information content (AvgIpc) is 3.25. The first-order valence-corrected chi connectivity index (χ1v) is 8.55. The van der Waals surface area contributed by atoms with Crippen molar-refractivity contribution in [1.29, 1.82) is 0 Å². The lowest BCUT2D eigenvalue weighted by molar-refractivity contribution is -0.116. The molecule has 1 amide bonds. The summed E-state index contributed by atoms with van der Waals surface area (Å²) in [5.41, 5.74) is 1.32. The number of amidine groups is 1. The molecule has 1 saturated heterocycles. The van der Waals surface area contributed by atoms with Gasteiger partial charge in [-0.25, -0.2) is 4.79 Å². The molecule has 8 heteroatoms. The Bertz CT molecular complexity index is 840. The molecule has 0 atom stereocenters. The molecule has 0 radical (unpaired) electrons. The second-order valence-corrected chi connectivity index (χ2v) is 5.95. The summed E-state index contributed by atoms with van der Waals surface area (Å²) in [5.74, 6) is 1.11. The second kappa shape index (κ2) is 7.80. The molecule has 0 aliphatic carbocycles. The standard InChI is InChI=1S/C17H15N3O4S/c1-2-23-16(22)12-5-3-11(4-6-12)14-8-7-13(24-14)9-18-20-17-19-15(21)10-25-17/h3-9H,2,10H2,1H3,(H,19,20,21)/b18-9-. The van der Waals surface area contributed by atoms with E-state index in [-0.39, 0.29) is 11.9 Å². The number of hydrogen-bond donors (Lipinski definition) is 1. The van der Waals surface area contributed by atoms with Gasteiger partial charge in [-0.05, 0) is 31.2 Å². The van der Waals surface area contributed by atoms with E-state index in [9.17, 15) is 9.59 Å². The number of benzene rings is 1. The average molecular weight is 357 g/mol. The van der Waals surface area contributed by atoms with Gasteiger partial charge in [-0.1, -0.05) is 23.9 Å². The molecule has 1 N–H and O–H groups in total. The molecule has 3 rings (SSSR count). The highest BCUT2D eigenvalue weighted by Crippen LogP contribution is 2.22. The molecule has 0 spiro atoms. The summed E-state index contributed by atoms with van der Waals surface area (Å²) in [6.07, 6.45) is 1.47. The molecular weight excluding hydrogens is 342 g/mol. The molecule has 25 heavy (non-hydrogen) atoms. The number of furan rings is 1. The number of ether oxygens (including phenoxy) is 1. The van der Waals surface area contributed by atoms with Crippen molar-refractivity contribution in [2.24, 2.45) is 10.2 Å². The van der Waals surface area contributed by atoms with Crippen LogP contribution in [-0.2, 0) is 9.53 Å². The normalized spacial score (nSPS) is 15.7. The van der Waals surface area contributed by atoms with Gasteiger partial charge >= 0.3 is 5.97 Å². The van der Waals surface area contributed by atoms with Crippen molar-refractivity contribution in [3.8, 4) is 11.3 Å². The van der Waals surface area contributed by atoms with E-state index >= 15 is 0 Å². The van der Waals surface area contributed by atoms with E-state index in [0.717, 1.165) is 5.56 Å². The number of hydrogen-bond acceptors (Lipinski definition) is 7. The van der Waals surface area contributed by atoms with Gasteiger partial charge in [0.2, 0.25) is 5.91 Å². The molecule has 0 unspecified atom stereocenters. The summed E-state index contributed by atoms with van der Waals surface area (Å²) < 4.78 is 10.6. The van der Waals surface area contributed by atoms with E-state index in [2.05, 4.69) is 15.5 Å². The van der Waals surface area contributed by atoms with E-state index < -0.39 is 0 Å². The zero-order chi connectivity index (χ0) is 17.6. The monoisotopic (exact) mass is 357 g/mol. The van der Waals surface area contributed by atoms with Crippen LogP contribution in [0.15, 0.2) is 51.0 Å². The summed E-state index contributed by atoms with van der Waals surface area (Å²) in [7, 11) is 0. The Balaban J connectivity index is 1.67. The first-order chi connectivity index (χ1) is 12.2. The Kier molecular flexibility index (Phi) is 5.30. The van der Waals surface area contributed by atoms with Crippen LogP contribution in [0.1, 0.15) is 23.0 Å². The van der Waals surface area contributed by atoms with Crippen LogP contribution in [0.2, 0.25) is 0 Å². The van der Waals surface area contributed by atoms with Crippen LogP contribution < -0.4 is 5.32 Å². The number of nitrogens with zero attached hydrogens (tertiary/aromatic N) is 2. The predicted molar refractivity (Wildman–Crippen MR) is 95.7 cm³/mol. The highest BCUT2D eigenvalue weighted by Gasteiger charge is 2.16. The summed E-state index contributed by atoms with van der Waals surface area (Å²) in [5, 5.41) is 10.9.